The van der Waals surface area contributed by atoms with Crippen molar-refractivity contribution in [3.8, 4) is 11.5 Å². The van der Waals surface area contributed by atoms with Gasteiger partial charge in [-0.25, -0.2) is 0 Å². The summed E-state index contributed by atoms with van der Waals surface area (Å²) in [5.74, 6) is 1.35. The molecule has 7 nitrogen and oxygen atoms in total. The lowest BCUT2D eigenvalue weighted by Gasteiger charge is -2.34. The van der Waals surface area contributed by atoms with Crippen molar-refractivity contribution in [3.63, 3.8) is 0 Å². The molecule has 0 radical (unpaired) electrons. The zero-order chi connectivity index (χ0) is 22.7. The summed E-state index contributed by atoms with van der Waals surface area (Å²) in [6, 6.07) is 13.7. The molecule has 0 spiro atoms. The lowest BCUT2D eigenvalue weighted by Crippen LogP contribution is -2.46. The smallest absolute Gasteiger partial charge is 0.238 e. The van der Waals surface area contributed by atoms with Gasteiger partial charge < -0.3 is 19.7 Å². The number of amides is 2. The molecule has 0 saturated carbocycles. The maximum atomic E-state index is 13.3. The highest BCUT2D eigenvalue weighted by Crippen LogP contribution is 2.34. The second-order valence-corrected chi connectivity index (χ2v) is 8.55. The Morgan fingerprint density at radius 1 is 1.06 bits per heavy atom. The average Bonchev–Trinajstić information content (AvgIpc) is 3.15. The highest BCUT2D eigenvalue weighted by atomic mass is 16.5. The molecular weight excluding hydrogens is 406 g/mol. The third-order valence-corrected chi connectivity index (χ3v) is 6.43. The van der Waals surface area contributed by atoms with Crippen LogP contribution in [0.5, 0.6) is 11.5 Å². The number of nitrogens with one attached hydrogen (secondary N) is 1. The van der Waals surface area contributed by atoms with Crippen LogP contribution in [0.1, 0.15) is 25.3 Å². The van der Waals surface area contributed by atoms with Crippen LogP contribution in [-0.2, 0) is 16.0 Å². The largest absolute Gasteiger partial charge is 0.497 e. The molecule has 0 aliphatic carbocycles. The molecule has 1 N–H and O–H groups in total. The Morgan fingerprint density at radius 2 is 1.81 bits per heavy atom. The van der Waals surface area contributed by atoms with Crippen molar-refractivity contribution in [1.29, 1.82) is 0 Å². The zero-order valence-corrected chi connectivity index (χ0v) is 19.0. The number of carbonyl (C=O) groups is 2. The van der Waals surface area contributed by atoms with E-state index in [0.29, 0.717) is 23.7 Å². The van der Waals surface area contributed by atoms with E-state index in [9.17, 15) is 9.59 Å². The van der Waals surface area contributed by atoms with Crippen molar-refractivity contribution >= 4 is 23.2 Å². The number of fused-ring (bicyclic) bond motifs is 1. The molecule has 2 heterocycles. The van der Waals surface area contributed by atoms with Gasteiger partial charge in [0.15, 0.2) is 0 Å². The van der Waals surface area contributed by atoms with Crippen molar-refractivity contribution in [2.24, 2.45) is 5.92 Å². The maximum absolute atomic E-state index is 13.3. The topological polar surface area (TPSA) is 71.1 Å². The average molecular weight is 438 g/mol. The Kier molecular flexibility index (Phi) is 6.65. The Hall–Kier alpha value is -3.06. The molecule has 1 fully saturated rings. The number of benzene rings is 2. The first-order chi connectivity index (χ1) is 15.5. The molecule has 0 aromatic heterocycles. The van der Waals surface area contributed by atoms with Crippen molar-refractivity contribution in [2.45, 2.75) is 32.2 Å². The Morgan fingerprint density at radius 3 is 2.53 bits per heavy atom. The van der Waals surface area contributed by atoms with E-state index >= 15 is 0 Å². The number of carbonyl (C=O) groups excluding carboxylic acids is 2. The molecule has 2 aromatic rings. The summed E-state index contributed by atoms with van der Waals surface area (Å²) in [5.41, 5.74) is 2.92. The minimum atomic E-state index is -0.0969. The number of anilines is 2. The molecule has 170 valence electrons. The first-order valence-corrected chi connectivity index (χ1v) is 11.2. The van der Waals surface area contributed by atoms with E-state index < -0.39 is 0 Å². The van der Waals surface area contributed by atoms with E-state index in [0.717, 1.165) is 38.0 Å². The van der Waals surface area contributed by atoms with E-state index in [2.05, 4.69) is 23.2 Å². The van der Waals surface area contributed by atoms with Gasteiger partial charge in [-0.15, -0.1) is 0 Å². The highest BCUT2D eigenvalue weighted by molar-refractivity contribution is 5.98. The number of para-hydroxylation sites is 1. The molecule has 2 aliphatic heterocycles. The molecule has 1 unspecified atom stereocenters. The Balaban J connectivity index is 1.31. The third-order valence-electron chi connectivity index (χ3n) is 6.43. The van der Waals surface area contributed by atoms with Crippen molar-refractivity contribution in [3.05, 3.63) is 48.0 Å². The first kappa shape index (κ1) is 22.1. The van der Waals surface area contributed by atoms with Crippen LogP contribution in [-0.4, -0.2) is 56.6 Å². The minimum Gasteiger partial charge on any atom is -0.497 e. The molecule has 4 rings (SSSR count). The molecule has 32 heavy (non-hydrogen) atoms. The third kappa shape index (κ3) is 4.58. The fourth-order valence-corrected chi connectivity index (χ4v) is 4.73. The number of likely N-dealkylation sites (tertiary alicyclic amines) is 1. The predicted molar refractivity (Wildman–Crippen MR) is 124 cm³/mol. The van der Waals surface area contributed by atoms with Crippen LogP contribution in [0.4, 0.5) is 11.4 Å². The van der Waals surface area contributed by atoms with Gasteiger partial charge in [0, 0.05) is 23.7 Å². The molecule has 2 aliphatic rings. The van der Waals surface area contributed by atoms with Gasteiger partial charge in [0.25, 0.3) is 0 Å². The summed E-state index contributed by atoms with van der Waals surface area (Å²) < 4.78 is 10.5. The summed E-state index contributed by atoms with van der Waals surface area (Å²) in [6.45, 7) is 3.87. The Bertz CT molecular complexity index is 985. The molecule has 7 heteroatoms. The standard InChI is InChI=1S/C25H31N3O4/c1-17-14-19-6-4-5-7-22(19)28(17)25(30)18-10-12-27(13-11-18)16-24(29)26-21-9-8-20(31-2)15-23(21)32-3/h4-9,15,17-18H,10-14,16H2,1-3H3,(H,26,29). The second-order valence-electron chi connectivity index (χ2n) is 8.55. The van der Waals surface area contributed by atoms with Crippen LogP contribution in [0, 0.1) is 5.92 Å². The number of rotatable bonds is 6. The van der Waals surface area contributed by atoms with Gasteiger partial charge in [-0.05, 0) is 63.0 Å². The monoisotopic (exact) mass is 437 g/mol. The molecule has 0 bridgehead atoms. The zero-order valence-electron chi connectivity index (χ0n) is 19.0. The van der Waals surface area contributed by atoms with Gasteiger partial charge in [0.1, 0.15) is 11.5 Å². The maximum Gasteiger partial charge on any atom is 0.238 e. The minimum absolute atomic E-state index is 0.00426. The predicted octanol–water partition coefficient (Wildman–Crippen LogP) is 3.33. The van der Waals surface area contributed by atoms with Crippen LogP contribution in [0.3, 0.4) is 0 Å². The van der Waals surface area contributed by atoms with Crippen LogP contribution in [0.2, 0.25) is 0 Å². The van der Waals surface area contributed by atoms with Crippen molar-refractivity contribution in [2.75, 3.05) is 44.1 Å². The normalized spacial score (nSPS) is 18.8. The first-order valence-electron chi connectivity index (χ1n) is 11.2. The molecule has 1 saturated heterocycles. The quantitative estimate of drug-likeness (QED) is 0.751. The van der Waals surface area contributed by atoms with E-state index in [4.69, 9.17) is 9.47 Å². The molecule has 2 amide bonds. The van der Waals surface area contributed by atoms with Gasteiger partial charge >= 0.3 is 0 Å². The number of methoxy groups -OCH3 is 2. The lowest BCUT2D eigenvalue weighted by atomic mass is 9.94. The molecule has 1 atom stereocenters. The Labute approximate surface area is 189 Å². The second kappa shape index (κ2) is 9.61. The summed E-state index contributed by atoms with van der Waals surface area (Å²) in [4.78, 5) is 30.0. The van der Waals surface area contributed by atoms with Crippen LogP contribution in [0.15, 0.2) is 42.5 Å². The number of piperidine rings is 1. The van der Waals surface area contributed by atoms with E-state index in [-0.39, 0.29) is 23.8 Å². The van der Waals surface area contributed by atoms with Crippen LogP contribution < -0.4 is 19.7 Å². The fraction of sp³-hybridized carbons (Fsp3) is 0.440. The number of ether oxygens (including phenoxy) is 2. The van der Waals surface area contributed by atoms with Gasteiger partial charge in [-0.3, -0.25) is 14.5 Å². The SMILES string of the molecule is COc1ccc(NC(=O)CN2CCC(C(=O)N3c4ccccc4CC3C)CC2)c(OC)c1. The van der Waals surface area contributed by atoms with Gasteiger partial charge in [0.2, 0.25) is 11.8 Å². The van der Waals surface area contributed by atoms with E-state index in [1.807, 2.05) is 23.1 Å². The number of nitrogens with zero attached hydrogens (tertiary/aromatic N) is 2. The molecule has 2 aromatic carbocycles. The van der Waals surface area contributed by atoms with Gasteiger partial charge in [-0.1, -0.05) is 18.2 Å². The number of hydrogen-bond acceptors (Lipinski definition) is 5. The summed E-state index contributed by atoms with van der Waals surface area (Å²) >= 11 is 0. The van der Waals surface area contributed by atoms with Crippen LogP contribution in [0.25, 0.3) is 0 Å². The summed E-state index contributed by atoms with van der Waals surface area (Å²) in [7, 11) is 3.15. The van der Waals surface area contributed by atoms with Crippen molar-refractivity contribution in [1.82, 2.24) is 4.90 Å². The summed E-state index contributed by atoms with van der Waals surface area (Å²) in [5, 5.41) is 2.92. The number of hydrogen-bond donors (Lipinski definition) is 1. The van der Waals surface area contributed by atoms with E-state index in [1.54, 1.807) is 32.4 Å². The van der Waals surface area contributed by atoms with Crippen molar-refractivity contribution < 1.29 is 19.1 Å². The van der Waals surface area contributed by atoms with Gasteiger partial charge in [-0.2, -0.15) is 0 Å². The van der Waals surface area contributed by atoms with Gasteiger partial charge in [0.05, 0.1) is 26.5 Å². The summed E-state index contributed by atoms with van der Waals surface area (Å²) in [6.07, 6.45) is 2.45. The molecular formula is C25H31N3O4. The fourth-order valence-electron chi connectivity index (χ4n) is 4.73. The van der Waals surface area contributed by atoms with Crippen LogP contribution >= 0.6 is 0 Å². The van der Waals surface area contributed by atoms with E-state index in [1.165, 1.54) is 5.56 Å². The lowest BCUT2D eigenvalue weighted by molar-refractivity contribution is -0.124. The highest BCUT2D eigenvalue weighted by Gasteiger charge is 2.36.